The van der Waals surface area contributed by atoms with Gasteiger partial charge in [-0.15, -0.1) is 0 Å². The minimum atomic E-state index is 0.450. The third-order valence-electron chi connectivity index (χ3n) is 3.81. The molecule has 0 unspecified atom stereocenters. The van der Waals surface area contributed by atoms with E-state index in [0.717, 1.165) is 16.9 Å². The van der Waals surface area contributed by atoms with Crippen molar-refractivity contribution in [2.75, 3.05) is 7.11 Å². The van der Waals surface area contributed by atoms with Gasteiger partial charge in [0, 0.05) is 17.3 Å². The van der Waals surface area contributed by atoms with Crippen LogP contribution in [0.4, 0.5) is 0 Å². The van der Waals surface area contributed by atoms with Gasteiger partial charge in [0.2, 0.25) is 0 Å². The summed E-state index contributed by atoms with van der Waals surface area (Å²) in [6, 6.07) is 5.74. The summed E-state index contributed by atoms with van der Waals surface area (Å²) in [5.41, 5.74) is 3.26. The van der Waals surface area contributed by atoms with Crippen molar-refractivity contribution in [1.82, 2.24) is 24.7 Å². The maximum Gasteiger partial charge on any atom is 0.181 e. The molecule has 26 heavy (non-hydrogen) atoms. The number of H-pyrrole nitrogens is 1. The Hall–Kier alpha value is -3.12. The van der Waals surface area contributed by atoms with Crippen molar-refractivity contribution in [1.29, 1.82) is 0 Å². The van der Waals surface area contributed by atoms with E-state index in [0.29, 0.717) is 28.0 Å². The van der Waals surface area contributed by atoms with E-state index in [1.165, 1.54) is 6.08 Å². The van der Waals surface area contributed by atoms with Crippen LogP contribution >= 0.6 is 11.6 Å². The number of imidazole rings is 1. The summed E-state index contributed by atoms with van der Waals surface area (Å²) in [6.07, 6.45) is 6.82. The minimum Gasteiger partial charge on any atom is -0.495 e. The minimum absolute atomic E-state index is 0.450. The Morgan fingerprint density at radius 3 is 2.73 bits per heavy atom. The maximum absolute atomic E-state index is 6.13. The number of hydrogen-bond donors (Lipinski definition) is 1. The van der Waals surface area contributed by atoms with Crippen molar-refractivity contribution in [2.45, 2.75) is 6.92 Å². The predicted octanol–water partition coefficient (Wildman–Crippen LogP) is 4.30. The number of methoxy groups -OCH3 is 1. The quantitative estimate of drug-likeness (QED) is 0.659. The molecule has 7 heteroatoms. The number of nitrogens with zero attached hydrogens (tertiary/aromatic N) is 4. The van der Waals surface area contributed by atoms with Crippen LogP contribution < -0.4 is 4.74 Å². The lowest BCUT2D eigenvalue weighted by Crippen LogP contribution is -1.96. The SMILES string of the molecule is C=C/C(Cl)=C(\C=C)c1nc(-c2ccc(-n3cnc(C)c3)c(OC)c2)n[nH]1. The monoisotopic (exact) mass is 367 g/mol. The number of aryl methyl sites for hydroxylation is 1. The Morgan fingerprint density at radius 1 is 1.31 bits per heavy atom. The van der Waals surface area contributed by atoms with Gasteiger partial charge in [0.1, 0.15) is 5.75 Å². The normalized spacial score (nSPS) is 11.8. The summed E-state index contributed by atoms with van der Waals surface area (Å²) in [7, 11) is 1.62. The molecule has 0 saturated carbocycles. The van der Waals surface area contributed by atoms with Gasteiger partial charge in [0.05, 0.1) is 29.9 Å². The molecule has 132 valence electrons. The van der Waals surface area contributed by atoms with Crippen LogP contribution in [0, 0.1) is 6.92 Å². The molecule has 0 amide bonds. The molecule has 0 atom stereocenters. The molecule has 3 rings (SSSR count). The standard InChI is InChI=1S/C19H18ClN5O/c1-5-14(15(20)6-2)19-22-18(23-24-19)13-7-8-16(17(9-13)26-4)25-10-12(3)21-11-25/h5-11H,1-2H2,3-4H3,(H,22,23,24)/b15-14-. The first kappa shape index (κ1) is 17.7. The van der Waals surface area contributed by atoms with Crippen molar-refractivity contribution >= 4 is 17.2 Å². The summed E-state index contributed by atoms with van der Waals surface area (Å²) >= 11 is 6.13. The highest BCUT2D eigenvalue weighted by Gasteiger charge is 2.13. The number of benzene rings is 1. The molecule has 0 saturated heterocycles. The van der Waals surface area contributed by atoms with Gasteiger partial charge in [-0.1, -0.05) is 30.8 Å². The molecule has 0 aliphatic carbocycles. The molecular weight excluding hydrogens is 350 g/mol. The van der Waals surface area contributed by atoms with E-state index in [-0.39, 0.29) is 0 Å². The van der Waals surface area contributed by atoms with Gasteiger partial charge >= 0.3 is 0 Å². The Bertz CT molecular complexity index is 999. The summed E-state index contributed by atoms with van der Waals surface area (Å²) in [5.74, 6) is 1.74. The summed E-state index contributed by atoms with van der Waals surface area (Å²) < 4.78 is 7.43. The van der Waals surface area contributed by atoms with Crippen LogP contribution in [-0.2, 0) is 0 Å². The zero-order valence-corrected chi connectivity index (χ0v) is 15.3. The van der Waals surface area contributed by atoms with E-state index in [4.69, 9.17) is 16.3 Å². The van der Waals surface area contributed by atoms with Crippen LogP contribution in [0.15, 0.2) is 61.1 Å². The molecule has 0 aliphatic rings. The number of rotatable bonds is 6. The van der Waals surface area contributed by atoms with Crippen LogP contribution in [-0.4, -0.2) is 31.8 Å². The average Bonchev–Trinajstić information content (AvgIpc) is 3.31. The van der Waals surface area contributed by atoms with Crippen LogP contribution in [0.1, 0.15) is 11.5 Å². The van der Waals surface area contributed by atoms with Crippen molar-refractivity contribution < 1.29 is 4.74 Å². The number of halogens is 1. The van der Waals surface area contributed by atoms with Crippen LogP contribution in [0.5, 0.6) is 5.75 Å². The van der Waals surface area contributed by atoms with E-state index in [1.54, 1.807) is 19.5 Å². The van der Waals surface area contributed by atoms with Gasteiger partial charge in [0.15, 0.2) is 11.6 Å². The molecule has 1 aromatic carbocycles. The van der Waals surface area contributed by atoms with E-state index in [9.17, 15) is 0 Å². The fraction of sp³-hybridized carbons (Fsp3) is 0.105. The highest BCUT2D eigenvalue weighted by Crippen LogP contribution is 2.29. The molecule has 0 bridgehead atoms. The number of nitrogens with one attached hydrogen (secondary N) is 1. The summed E-state index contributed by atoms with van der Waals surface area (Å²) in [5, 5.41) is 7.60. The van der Waals surface area contributed by atoms with Crippen molar-refractivity contribution in [3.63, 3.8) is 0 Å². The highest BCUT2D eigenvalue weighted by atomic mass is 35.5. The molecule has 1 N–H and O–H groups in total. The molecule has 2 aromatic heterocycles. The first-order chi connectivity index (χ1) is 12.6. The van der Waals surface area contributed by atoms with Gasteiger partial charge in [0.25, 0.3) is 0 Å². The average molecular weight is 368 g/mol. The van der Waals surface area contributed by atoms with E-state index < -0.39 is 0 Å². The third kappa shape index (κ3) is 3.32. The fourth-order valence-corrected chi connectivity index (χ4v) is 2.68. The zero-order valence-electron chi connectivity index (χ0n) is 14.5. The van der Waals surface area contributed by atoms with E-state index in [1.807, 2.05) is 35.9 Å². The highest BCUT2D eigenvalue weighted by molar-refractivity contribution is 6.34. The molecule has 6 nitrogen and oxygen atoms in total. The van der Waals surface area contributed by atoms with Crippen LogP contribution in [0.2, 0.25) is 0 Å². The number of allylic oxidation sites excluding steroid dienone is 4. The van der Waals surface area contributed by atoms with Gasteiger partial charge in [-0.2, -0.15) is 5.10 Å². The first-order valence-electron chi connectivity index (χ1n) is 7.84. The second-order valence-electron chi connectivity index (χ2n) is 5.49. The fourth-order valence-electron chi connectivity index (χ4n) is 2.51. The second-order valence-corrected chi connectivity index (χ2v) is 5.89. The lowest BCUT2D eigenvalue weighted by Gasteiger charge is -2.10. The molecule has 0 fully saturated rings. The smallest absolute Gasteiger partial charge is 0.181 e. The number of ether oxygens (including phenoxy) is 1. The lowest BCUT2D eigenvalue weighted by atomic mass is 10.1. The van der Waals surface area contributed by atoms with E-state index in [2.05, 4.69) is 33.3 Å². The van der Waals surface area contributed by atoms with Crippen molar-refractivity contribution in [2.24, 2.45) is 0 Å². The molecule has 3 aromatic rings. The first-order valence-corrected chi connectivity index (χ1v) is 8.22. The summed E-state index contributed by atoms with van der Waals surface area (Å²) in [6.45, 7) is 9.35. The Labute approximate surface area is 156 Å². The van der Waals surface area contributed by atoms with Gasteiger partial charge in [-0.3, -0.25) is 5.10 Å². The second kappa shape index (κ2) is 7.41. The molecule has 0 spiro atoms. The number of aromatic nitrogens is 5. The summed E-state index contributed by atoms with van der Waals surface area (Å²) in [4.78, 5) is 8.75. The lowest BCUT2D eigenvalue weighted by molar-refractivity contribution is 0.413. The van der Waals surface area contributed by atoms with Gasteiger partial charge in [-0.05, 0) is 31.2 Å². The topological polar surface area (TPSA) is 68.6 Å². The molecular formula is C19H18ClN5O. The predicted molar refractivity (Wildman–Crippen MR) is 103 cm³/mol. The Kier molecular flexibility index (Phi) is 5.04. The van der Waals surface area contributed by atoms with Gasteiger partial charge in [-0.25, -0.2) is 9.97 Å². The Morgan fingerprint density at radius 2 is 2.12 bits per heavy atom. The number of aromatic amines is 1. The largest absolute Gasteiger partial charge is 0.495 e. The molecule has 0 radical (unpaired) electrons. The van der Waals surface area contributed by atoms with Crippen LogP contribution in [0.3, 0.4) is 0 Å². The zero-order chi connectivity index (χ0) is 18.7. The Balaban J connectivity index is 2.01. The maximum atomic E-state index is 6.13. The van der Waals surface area contributed by atoms with E-state index >= 15 is 0 Å². The van der Waals surface area contributed by atoms with Crippen molar-refractivity contribution in [3.8, 4) is 22.8 Å². The third-order valence-corrected chi connectivity index (χ3v) is 4.17. The van der Waals surface area contributed by atoms with Crippen molar-refractivity contribution in [3.05, 3.63) is 72.6 Å². The van der Waals surface area contributed by atoms with Crippen LogP contribution in [0.25, 0.3) is 22.6 Å². The van der Waals surface area contributed by atoms with Gasteiger partial charge < -0.3 is 9.30 Å². The molecule has 2 heterocycles. The molecule has 0 aliphatic heterocycles. The number of hydrogen-bond acceptors (Lipinski definition) is 4.